The Bertz CT molecular complexity index is 705. The van der Waals surface area contributed by atoms with E-state index >= 15 is 0 Å². The van der Waals surface area contributed by atoms with E-state index < -0.39 is 11.7 Å². The fourth-order valence-electron chi connectivity index (χ4n) is 2.57. The Balaban J connectivity index is 2.12. The molecule has 2 N–H and O–H groups in total. The highest BCUT2D eigenvalue weighted by molar-refractivity contribution is 6.02. The van der Waals surface area contributed by atoms with Crippen LogP contribution in [0.25, 0.3) is 0 Å². The summed E-state index contributed by atoms with van der Waals surface area (Å²) >= 11 is 0. The summed E-state index contributed by atoms with van der Waals surface area (Å²) in [7, 11) is 0. The van der Waals surface area contributed by atoms with E-state index in [1.54, 1.807) is 19.1 Å². The number of benzene rings is 2. The number of phenolic OH excluding ortho intramolecular Hbond substituents is 1. The molecule has 0 bridgehead atoms. The van der Waals surface area contributed by atoms with Gasteiger partial charge in [-0.05, 0) is 26.0 Å². The molecule has 2 atom stereocenters. The van der Waals surface area contributed by atoms with Crippen molar-refractivity contribution in [1.29, 1.82) is 0 Å². The first-order valence-corrected chi connectivity index (χ1v) is 6.77. The predicted molar refractivity (Wildman–Crippen MR) is 77.3 cm³/mol. The summed E-state index contributed by atoms with van der Waals surface area (Å²) in [5.74, 6) is -2.49. The molecule has 2 aromatic rings. The van der Waals surface area contributed by atoms with Crippen LogP contribution in [0.1, 0.15) is 28.4 Å². The fraction of sp³-hybridized carbons (Fsp3) is 0.235. The number of hydrogen-bond acceptors (Lipinski definition) is 4. The Morgan fingerprint density at radius 2 is 1.81 bits per heavy atom. The second-order valence-electron chi connectivity index (χ2n) is 5.43. The van der Waals surface area contributed by atoms with E-state index in [0.717, 1.165) is 5.56 Å². The third kappa shape index (κ3) is 2.08. The largest absolute Gasteiger partial charge is 0.508 e. The second-order valence-corrected chi connectivity index (χ2v) is 5.43. The van der Waals surface area contributed by atoms with Gasteiger partial charge in [-0.25, -0.2) is 0 Å². The average molecular weight is 284 g/mol. The summed E-state index contributed by atoms with van der Waals surface area (Å²) in [5.41, 5.74) is 1.94. The van der Waals surface area contributed by atoms with Crippen LogP contribution >= 0.6 is 0 Å². The number of hydrogen-bond donors (Lipinski definition) is 2. The molecule has 1 aliphatic heterocycles. The predicted octanol–water partition coefficient (Wildman–Crippen LogP) is 2.76. The van der Waals surface area contributed by atoms with Gasteiger partial charge in [0.05, 0.1) is 11.5 Å². The minimum Gasteiger partial charge on any atom is -0.508 e. The summed E-state index contributed by atoms with van der Waals surface area (Å²) in [5, 5.41) is 20.4. The Morgan fingerprint density at radius 1 is 1.14 bits per heavy atom. The second kappa shape index (κ2) is 4.60. The van der Waals surface area contributed by atoms with E-state index in [0.29, 0.717) is 11.1 Å². The van der Waals surface area contributed by atoms with Crippen molar-refractivity contribution in [2.75, 3.05) is 0 Å². The van der Waals surface area contributed by atoms with Gasteiger partial charge in [-0.3, -0.25) is 4.79 Å². The zero-order valence-electron chi connectivity index (χ0n) is 11.8. The van der Waals surface area contributed by atoms with E-state index in [-0.39, 0.29) is 17.3 Å². The normalized spacial score (nSPS) is 24.3. The molecule has 1 aliphatic rings. The zero-order valence-corrected chi connectivity index (χ0v) is 11.8. The number of aryl methyl sites for hydroxylation is 1. The molecule has 4 heteroatoms. The highest BCUT2D eigenvalue weighted by Gasteiger charge is 2.47. The highest BCUT2D eigenvalue weighted by Crippen LogP contribution is 2.42. The van der Waals surface area contributed by atoms with Gasteiger partial charge in [0.25, 0.3) is 0 Å². The van der Waals surface area contributed by atoms with Crippen molar-refractivity contribution >= 4 is 5.78 Å². The van der Waals surface area contributed by atoms with Crippen molar-refractivity contribution in [3.63, 3.8) is 0 Å². The number of rotatable bonds is 1. The van der Waals surface area contributed by atoms with Gasteiger partial charge in [-0.1, -0.05) is 29.8 Å². The van der Waals surface area contributed by atoms with Crippen molar-refractivity contribution < 1.29 is 19.7 Å². The maximum absolute atomic E-state index is 12.5. The third-order valence-corrected chi connectivity index (χ3v) is 3.94. The summed E-state index contributed by atoms with van der Waals surface area (Å²) in [6.07, 6.45) is 0. The molecule has 0 amide bonds. The maximum atomic E-state index is 12.5. The minimum atomic E-state index is -1.73. The third-order valence-electron chi connectivity index (χ3n) is 3.94. The van der Waals surface area contributed by atoms with Crippen LogP contribution in [0.3, 0.4) is 0 Å². The first kappa shape index (κ1) is 13.6. The van der Waals surface area contributed by atoms with Crippen molar-refractivity contribution in [3.8, 4) is 11.5 Å². The molecular formula is C17H16O4. The summed E-state index contributed by atoms with van der Waals surface area (Å²) in [6, 6.07) is 11.5. The lowest BCUT2D eigenvalue weighted by Gasteiger charge is -2.38. The first-order chi connectivity index (χ1) is 9.91. The molecule has 0 radical (unpaired) electrons. The maximum Gasteiger partial charge on any atom is 0.244 e. The van der Waals surface area contributed by atoms with Crippen LogP contribution in [0.4, 0.5) is 0 Å². The van der Waals surface area contributed by atoms with Crippen molar-refractivity contribution in [1.82, 2.24) is 0 Å². The van der Waals surface area contributed by atoms with Crippen LogP contribution < -0.4 is 4.74 Å². The molecule has 2 aromatic carbocycles. The summed E-state index contributed by atoms with van der Waals surface area (Å²) < 4.78 is 5.68. The van der Waals surface area contributed by atoms with Gasteiger partial charge in [-0.2, -0.15) is 0 Å². The van der Waals surface area contributed by atoms with Gasteiger partial charge in [-0.15, -0.1) is 0 Å². The van der Waals surface area contributed by atoms with Crippen LogP contribution in [0, 0.1) is 12.8 Å². The SMILES string of the molecule is Cc1ccc([C@]2(O)Oc3cc(O)ccc3C(=O)[C@H]2C)cc1. The molecule has 4 nitrogen and oxygen atoms in total. The molecule has 108 valence electrons. The Labute approximate surface area is 122 Å². The number of phenols is 1. The van der Waals surface area contributed by atoms with Gasteiger partial charge in [0.2, 0.25) is 5.79 Å². The van der Waals surface area contributed by atoms with Crippen molar-refractivity contribution in [3.05, 3.63) is 59.2 Å². The van der Waals surface area contributed by atoms with Crippen molar-refractivity contribution in [2.24, 2.45) is 5.92 Å². The zero-order chi connectivity index (χ0) is 15.2. The molecule has 0 saturated heterocycles. The molecule has 21 heavy (non-hydrogen) atoms. The molecule has 1 heterocycles. The van der Waals surface area contributed by atoms with Crippen LogP contribution in [0.2, 0.25) is 0 Å². The molecule has 0 aliphatic carbocycles. The number of fused-ring (bicyclic) bond motifs is 1. The lowest BCUT2D eigenvalue weighted by Crippen LogP contribution is -2.46. The number of aromatic hydroxyl groups is 1. The number of carbonyl (C=O) groups excluding carboxylic acids is 1. The Hall–Kier alpha value is -2.33. The van der Waals surface area contributed by atoms with Crippen molar-refractivity contribution in [2.45, 2.75) is 19.6 Å². The van der Waals surface area contributed by atoms with E-state index in [4.69, 9.17) is 4.74 Å². The van der Waals surface area contributed by atoms with Crippen LogP contribution in [-0.4, -0.2) is 16.0 Å². The van der Waals surface area contributed by atoms with Crippen LogP contribution in [0.5, 0.6) is 11.5 Å². The number of ketones is 1. The fourth-order valence-corrected chi connectivity index (χ4v) is 2.57. The van der Waals surface area contributed by atoms with E-state index in [1.807, 2.05) is 19.1 Å². The number of aliphatic hydroxyl groups is 1. The van der Waals surface area contributed by atoms with E-state index in [2.05, 4.69) is 0 Å². The van der Waals surface area contributed by atoms with Gasteiger partial charge in [0.15, 0.2) is 5.78 Å². The minimum absolute atomic E-state index is 0.0117. The molecule has 0 aromatic heterocycles. The van der Waals surface area contributed by atoms with Gasteiger partial charge in [0, 0.05) is 11.6 Å². The standard InChI is InChI=1S/C17H16O4/c1-10-3-5-12(6-4-10)17(20)11(2)16(19)14-8-7-13(18)9-15(14)21-17/h3-9,11,18,20H,1-2H3/t11-,17-/m1/s1. The quantitative estimate of drug-likeness (QED) is 0.845. The molecule has 0 spiro atoms. The number of carbonyl (C=O) groups is 1. The smallest absolute Gasteiger partial charge is 0.244 e. The monoisotopic (exact) mass is 284 g/mol. The Kier molecular flexibility index (Phi) is 2.99. The molecular weight excluding hydrogens is 268 g/mol. The lowest BCUT2D eigenvalue weighted by atomic mass is 9.84. The molecule has 0 unspecified atom stereocenters. The molecule has 0 saturated carbocycles. The topological polar surface area (TPSA) is 66.8 Å². The van der Waals surface area contributed by atoms with E-state index in [9.17, 15) is 15.0 Å². The molecule has 3 rings (SSSR count). The van der Waals surface area contributed by atoms with E-state index in [1.165, 1.54) is 18.2 Å². The molecule has 0 fully saturated rings. The number of ether oxygens (including phenoxy) is 1. The number of Topliss-reactive ketones (excluding diaryl/α,β-unsaturated/α-hetero) is 1. The lowest BCUT2D eigenvalue weighted by molar-refractivity contribution is -0.176. The first-order valence-electron chi connectivity index (χ1n) is 6.77. The van der Waals surface area contributed by atoms with Crippen LogP contribution in [-0.2, 0) is 5.79 Å². The highest BCUT2D eigenvalue weighted by atomic mass is 16.6. The summed E-state index contributed by atoms with van der Waals surface area (Å²) in [6.45, 7) is 3.58. The van der Waals surface area contributed by atoms with Gasteiger partial charge in [0.1, 0.15) is 11.5 Å². The van der Waals surface area contributed by atoms with Crippen LogP contribution in [0.15, 0.2) is 42.5 Å². The Morgan fingerprint density at radius 3 is 2.48 bits per heavy atom. The summed E-state index contributed by atoms with van der Waals surface area (Å²) in [4.78, 5) is 12.5. The average Bonchev–Trinajstić information content (AvgIpc) is 2.45. The van der Waals surface area contributed by atoms with Gasteiger partial charge >= 0.3 is 0 Å². The van der Waals surface area contributed by atoms with Gasteiger partial charge < -0.3 is 14.9 Å².